The van der Waals surface area contributed by atoms with Crippen molar-refractivity contribution in [1.82, 2.24) is 14.4 Å². The lowest BCUT2D eigenvalue weighted by Crippen LogP contribution is -2.54. The van der Waals surface area contributed by atoms with Crippen LogP contribution in [0.4, 0.5) is 0 Å². The topological polar surface area (TPSA) is 20.6 Å². The molecule has 0 saturated carbocycles. The van der Waals surface area contributed by atoms with E-state index in [2.05, 4.69) is 41.2 Å². The molecular formula is C20H33N3O. The molecule has 0 radical (unpaired) electrons. The van der Waals surface area contributed by atoms with Gasteiger partial charge in [0.1, 0.15) is 0 Å². The van der Waals surface area contributed by atoms with Crippen LogP contribution in [0, 0.1) is 13.8 Å². The van der Waals surface area contributed by atoms with Crippen LogP contribution in [0.2, 0.25) is 0 Å². The van der Waals surface area contributed by atoms with Crippen molar-refractivity contribution >= 4 is 0 Å². The Morgan fingerprint density at radius 2 is 2.04 bits per heavy atom. The SMILES string of the molecule is Cc1cc(CN2C[C@@H]3CCCN3C[C@@H]2C)c(C)n1C[C@@H]1CCCO1. The zero-order valence-corrected chi connectivity index (χ0v) is 15.6. The first-order valence-corrected chi connectivity index (χ1v) is 9.87. The number of nitrogens with zero attached hydrogens (tertiary/aromatic N) is 3. The van der Waals surface area contributed by atoms with Gasteiger partial charge in [0.15, 0.2) is 0 Å². The van der Waals surface area contributed by atoms with E-state index in [4.69, 9.17) is 4.74 Å². The van der Waals surface area contributed by atoms with Crippen LogP contribution in [0.15, 0.2) is 6.07 Å². The van der Waals surface area contributed by atoms with E-state index < -0.39 is 0 Å². The fourth-order valence-corrected chi connectivity index (χ4v) is 4.99. The number of aromatic nitrogens is 1. The predicted molar refractivity (Wildman–Crippen MR) is 97.3 cm³/mol. The maximum atomic E-state index is 5.85. The molecule has 4 heteroatoms. The Morgan fingerprint density at radius 1 is 1.17 bits per heavy atom. The predicted octanol–water partition coefficient (Wildman–Crippen LogP) is 2.95. The number of hydrogen-bond donors (Lipinski definition) is 0. The summed E-state index contributed by atoms with van der Waals surface area (Å²) >= 11 is 0. The molecule has 24 heavy (non-hydrogen) atoms. The third-order valence-electron chi connectivity index (χ3n) is 6.53. The molecule has 0 aliphatic carbocycles. The molecule has 0 unspecified atom stereocenters. The first-order chi connectivity index (χ1) is 11.6. The van der Waals surface area contributed by atoms with Crippen molar-refractivity contribution in [3.05, 3.63) is 23.0 Å². The molecule has 4 heterocycles. The maximum Gasteiger partial charge on any atom is 0.0754 e. The van der Waals surface area contributed by atoms with E-state index in [1.165, 1.54) is 62.3 Å². The molecule has 3 aliphatic heterocycles. The summed E-state index contributed by atoms with van der Waals surface area (Å²) in [6.45, 7) is 13.9. The van der Waals surface area contributed by atoms with Crippen molar-refractivity contribution in [3.63, 3.8) is 0 Å². The molecular weight excluding hydrogens is 298 g/mol. The Morgan fingerprint density at radius 3 is 2.83 bits per heavy atom. The van der Waals surface area contributed by atoms with Crippen molar-refractivity contribution < 1.29 is 4.74 Å². The second-order valence-corrected chi connectivity index (χ2v) is 8.21. The Hall–Kier alpha value is -0.840. The number of fused-ring (bicyclic) bond motifs is 1. The van der Waals surface area contributed by atoms with Crippen molar-refractivity contribution in [1.29, 1.82) is 0 Å². The molecule has 0 amide bonds. The quantitative estimate of drug-likeness (QED) is 0.846. The van der Waals surface area contributed by atoms with Crippen LogP contribution in [0.25, 0.3) is 0 Å². The monoisotopic (exact) mass is 331 g/mol. The standard InChI is InChI=1S/C20H33N3O/c1-15-10-18(17(3)23(15)14-20-7-5-9-24-20)12-22-13-19-6-4-8-21(19)11-16(22)2/h10,16,19-20H,4-9,11-14H2,1-3H3/t16-,19-,20-/m0/s1. The first kappa shape index (κ1) is 16.6. The van der Waals surface area contributed by atoms with Gasteiger partial charge < -0.3 is 9.30 Å². The van der Waals surface area contributed by atoms with Gasteiger partial charge in [0.05, 0.1) is 6.10 Å². The molecule has 0 aromatic carbocycles. The van der Waals surface area contributed by atoms with Crippen LogP contribution in [0.3, 0.4) is 0 Å². The lowest BCUT2D eigenvalue weighted by molar-refractivity contribution is 0.0538. The van der Waals surface area contributed by atoms with Crippen LogP contribution in [0.5, 0.6) is 0 Å². The summed E-state index contributed by atoms with van der Waals surface area (Å²) in [5.74, 6) is 0. The summed E-state index contributed by atoms with van der Waals surface area (Å²) in [7, 11) is 0. The van der Waals surface area contributed by atoms with Gasteiger partial charge in [-0.1, -0.05) is 0 Å². The first-order valence-electron chi connectivity index (χ1n) is 9.87. The molecule has 3 fully saturated rings. The summed E-state index contributed by atoms with van der Waals surface area (Å²) in [5, 5.41) is 0. The minimum absolute atomic E-state index is 0.420. The normalized spacial score (nSPS) is 31.7. The minimum Gasteiger partial charge on any atom is -0.376 e. The smallest absolute Gasteiger partial charge is 0.0754 e. The number of rotatable bonds is 4. The van der Waals surface area contributed by atoms with Crippen LogP contribution < -0.4 is 0 Å². The summed E-state index contributed by atoms with van der Waals surface area (Å²) in [4.78, 5) is 5.42. The Bertz CT molecular complexity index is 576. The molecule has 4 rings (SSSR count). The lowest BCUT2D eigenvalue weighted by Gasteiger charge is -2.42. The van der Waals surface area contributed by atoms with E-state index in [1.54, 1.807) is 0 Å². The summed E-state index contributed by atoms with van der Waals surface area (Å²) < 4.78 is 8.34. The molecule has 3 saturated heterocycles. The van der Waals surface area contributed by atoms with E-state index >= 15 is 0 Å². The summed E-state index contributed by atoms with van der Waals surface area (Å²) in [6, 6.07) is 3.88. The fourth-order valence-electron chi connectivity index (χ4n) is 4.99. The van der Waals surface area contributed by atoms with Crippen LogP contribution in [0.1, 0.15) is 49.6 Å². The highest BCUT2D eigenvalue weighted by atomic mass is 16.5. The molecule has 0 N–H and O–H groups in total. The molecule has 1 aromatic heterocycles. The maximum absolute atomic E-state index is 5.85. The molecule has 0 spiro atoms. The molecule has 0 bridgehead atoms. The van der Waals surface area contributed by atoms with Gasteiger partial charge in [0, 0.05) is 56.3 Å². The molecule has 4 nitrogen and oxygen atoms in total. The average Bonchev–Trinajstić information content (AvgIpc) is 3.26. The van der Waals surface area contributed by atoms with Gasteiger partial charge in [0.2, 0.25) is 0 Å². The van der Waals surface area contributed by atoms with E-state index in [0.29, 0.717) is 12.1 Å². The van der Waals surface area contributed by atoms with Gasteiger partial charge in [-0.15, -0.1) is 0 Å². The van der Waals surface area contributed by atoms with Crippen LogP contribution in [-0.4, -0.2) is 58.8 Å². The van der Waals surface area contributed by atoms with Gasteiger partial charge in [0.25, 0.3) is 0 Å². The van der Waals surface area contributed by atoms with Crippen LogP contribution in [-0.2, 0) is 17.8 Å². The van der Waals surface area contributed by atoms with Gasteiger partial charge in [-0.3, -0.25) is 9.80 Å². The van der Waals surface area contributed by atoms with E-state index in [1.807, 2.05) is 0 Å². The highest BCUT2D eigenvalue weighted by molar-refractivity contribution is 5.27. The zero-order chi connectivity index (χ0) is 16.7. The summed E-state index contributed by atoms with van der Waals surface area (Å²) in [5.41, 5.74) is 4.36. The van der Waals surface area contributed by atoms with Gasteiger partial charge in [-0.05, 0) is 64.6 Å². The van der Waals surface area contributed by atoms with Crippen molar-refractivity contribution in [2.75, 3.05) is 26.2 Å². The third-order valence-corrected chi connectivity index (χ3v) is 6.53. The number of ether oxygens (including phenoxy) is 1. The van der Waals surface area contributed by atoms with Crippen molar-refractivity contribution in [3.8, 4) is 0 Å². The Labute approximate surface area is 146 Å². The van der Waals surface area contributed by atoms with E-state index in [0.717, 1.165) is 25.7 Å². The average molecular weight is 332 g/mol. The van der Waals surface area contributed by atoms with E-state index in [-0.39, 0.29) is 0 Å². The van der Waals surface area contributed by atoms with E-state index in [9.17, 15) is 0 Å². The molecule has 1 aromatic rings. The third kappa shape index (κ3) is 3.16. The number of aryl methyl sites for hydroxylation is 1. The van der Waals surface area contributed by atoms with Crippen molar-refractivity contribution in [2.24, 2.45) is 0 Å². The van der Waals surface area contributed by atoms with Gasteiger partial charge >= 0.3 is 0 Å². The highest BCUT2D eigenvalue weighted by Crippen LogP contribution is 2.27. The summed E-state index contributed by atoms with van der Waals surface area (Å²) in [6.07, 6.45) is 5.64. The Kier molecular flexibility index (Phi) is 4.72. The second-order valence-electron chi connectivity index (χ2n) is 8.21. The molecule has 3 aliphatic rings. The second kappa shape index (κ2) is 6.81. The molecule has 3 atom stereocenters. The lowest BCUT2D eigenvalue weighted by atomic mass is 10.1. The van der Waals surface area contributed by atoms with Gasteiger partial charge in [-0.25, -0.2) is 0 Å². The fraction of sp³-hybridized carbons (Fsp3) is 0.800. The van der Waals surface area contributed by atoms with Crippen LogP contribution >= 0.6 is 0 Å². The Balaban J connectivity index is 1.46. The number of hydrogen-bond acceptors (Lipinski definition) is 3. The molecule has 134 valence electrons. The zero-order valence-electron chi connectivity index (χ0n) is 15.6. The van der Waals surface area contributed by atoms with Gasteiger partial charge in [-0.2, -0.15) is 0 Å². The minimum atomic E-state index is 0.420. The largest absolute Gasteiger partial charge is 0.376 e. The highest BCUT2D eigenvalue weighted by Gasteiger charge is 2.34. The van der Waals surface area contributed by atoms with Crippen molar-refractivity contribution in [2.45, 2.75) is 77.7 Å². The number of piperazine rings is 1.